The highest BCUT2D eigenvalue weighted by molar-refractivity contribution is 7.86. The minimum atomic E-state index is -3.45. The molecule has 1 aromatic carbocycles. The Morgan fingerprint density at radius 2 is 1.72 bits per heavy atom. The number of nitrogens with one attached hydrogen (secondary N) is 1. The van der Waals surface area contributed by atoms with Gasteiger partial charge in [0.1, 0.15) is 5.75 Å². The minimum Gasteiger partial charge on any atom is -0.496 e. The van der Waals surface area contributed by atoms with Gasteiger partial charge in [-0.1, -0.05) is 32.0 Å². The van der Waals surface area contributed by atoms with Gasteiger partial charge in [0, 0.05) is 44.2 Å². The lowest BCUT2D eigenvalue weighted by Gasteiger charge is -2.39. The van der Waals surface area contributed by atoms with Crippen molar-refractivity contribution in [2.45, 2.75) is 39.7 Å². The average Bonchev–Trinajstić information content (AvgIpc) is 2.71. The lowest BCUT2D eigenvalue weighted by Crippen LogP contribution is -2.52. The first-order valence-electron chi connectivity index (χ1n) is 10.5. The molecule has 2 aliphatic rings. The number of benzene rings is 1. The van der Waals surface area contributed by atoms with E-state index in [0.717, 1.165) is 17.7 Å². The van der Waals surface area contributed by atoms with Gasteiger partial charge < -0.3 is 10.1 Å². The maximum absolute atomic E-state index is 13.0. The van der Waals surface area contributed by atoms with Crippen LogP contribution in [-0.4, -0.2) is 56.2 Å². The van der Waals surface area contributed by atoms with Crippen molar-refractivity contribution >= 4 is 16.1 Å². The van der Waals surface area contributed by atoms with Crippen LogP contribution in [0.15, 0.2) is 24.3 Å². The fourth-order valence-corrected chi connectivity index (χ4v) is 6.37. The molecule has 1 aromatic rings. The van der Waals surface area contributed by atoms with E-state index in [0.29, 0.717) is 57.4 Å². The molecule has 1 amide bonds. The summed E-state index contributed by atoms with van der Waals surface area (Å²) in [4.78, 5) is 12.6. The summed E-state index contributed by atoms with van der Waals surface area (Å²) in [6.07, 6.45) is 2.17. The third-order valence-electron chi connectivity index (χ3n) is 5.96. The van der Waals surface area contributed by atoms with E-state index < -0.39 is 10.2 Å². The first kappa shape index (κ1) is 22.1. The second-order valence-corrected chi connectivity index (χ2v) is 10.4. The van der Waals surface area contributed by atoms with E-state index in [1.165, 1.54) is 0 Å². The summed E-state index contributed by atoms with van der Waals surface area (Å²) in [7, 11) is -1.83. The van der Waals surface area contributed by atoms with Crippen molar-refractivity contribution in [3.8, 4) is 5.75 Å². The number of ether oxygens (including phenoxy) is 1. The van der Waals surface area contributed by atoms with Crippen LogP contribution in [0.5, 0.6) is 5.75 Å². The number of amides is 1. The molecule has 29 heavy (non-hydrogen) atoms. The van der Waals surface area contributed by atoms with E-state index in [-0.39, 0.29) is 11.8 Å². The van der Waals surface area contributed by atoms with Crippen LogP contribution in [0.3, 0.4) is 0 Å². The molecule has 1 N–H and O–H groups in total. The van der Waals surface area contributed by atoms with Crippen molar-refractivity contribution in [3.05, 3.63) is 29.8 Å². The Labute approximate surface area is 174 Å². The normalized spacial score (nSPS) is 24.9. The first-order chi connectivity index (χ1) is 13.8. The highest BCUT2D eigenvalue weighted by atomic mass is 32.2. The van der Waals surface area contributed by atoms with Crippen molar-refractivity contribution in [2.24, 2.45) is 17.8 Å². The zero-order valence-corrected chi connectivity index (χ0v) is 18.5. The summed E-state index contributed by atoms with van der Waals surface area (Å²) in [5.41, 5.74) is 0.928. The van der Waals surface area contributed by atoms with Gasteiger partial charge >= 0.3 is 0 Å². The number of carbonyl (C=O) groups excluding carboxylic acids is 1. The number of nitrogens with zero attached hydrogens (tertiary/aromatic N) is 2. The van der Waals surface area contributed by atoms with Gasteiger partial charge in [-0.15, -0.1) is 0 Å². The second-order valence-electron chi connectivity index (χ2n) is 8.47. The zero-order chi connectivity index (χ0) is 21.0. The molecule has 162 valence electrons. The quantitative estimate of drug-likeness (QED) is 0.761. The molecule has 2 saturated heterocycles. The highest BCUT2D eigenvalue weighted by Crippen LogP contribution is 2.27. The van der Waals surface area contributed by atoms with E-state index in [2.05, 4.69) is 19.2 Å². The molecule has 7 nitrogen and oxygen atoms in total. The van der Waals surface area contributed by atoms with Crippen LogP contribution < -0.4 is 10.1 Å². The summed E-state index contributed by atoms with van der Waals surface area (Å²) in [5, 5.41) is 2.97. The first-order valence-corrected chi connectivity index (χ1v) is 11.9. The molecule has 0 aromatic heterocycles. The van der Waals surface area contributed by atoms with Gasteiger partial charge in [0.2, 0.25) is 5.91 Å². The van der Waals surface area contributed by atoms with Crippen molar-refractivity contribution in [1.82, 2.24) is 13.9 Å². The standard InChI is InChI=1S/C21H33N3O4S/c1-16-12-17(2)15-24(14-16)29(26,27)23-10-8-18(9-11-23)21(25)22-13-19-6-4-5-7-20(19)28-3/h4-7,16-18H,8-15H2,1-3H3,(H,22,25)/t16-,17-/m1/s1. The van der Waals surface area contributed by atoms with Crippen LogP contribution in [0, 0.1) is 17.8 Å². The van der Waals surface area contributed by atoms with Crippen LogP contribution in [0.4, 0.5) is 0 Å². The van der Waals surface area contributed by atoms with Crippen molar-refractivity contribution in [2.75, 3.05) is 33.3 Å². The van der Waals surface area contributed by atoms with Gasteiger partial charge in [-0.05, 0) is 37.2 Å². The van der Waals surface area contributed by atoms with Gasteiger partial charge in [-0.25, -0.2) is 0 Å². The van der Waals surface area contributed by atoms with Crippen molar-refractivity contribution < 1.29 is 17.9 Å². The predicted octanol–water partition coefficient (Wildman–Crippen LogP) is 2.25. The highest BCUT2D eigenvalue weighted by Gasteiger charge is 2.37. The third kappa shape index (κ3) is 5.29. The smallest absolute Gasteiger partial charge is 0.281 e. The Kier molecular flexibility index (Phi) is 7.19. The van der Waals surface area contributed by atoms with Crippen LogP contribution >= 0.6 is 0 Å². The molecule has 0 saturated carbocycles. The summed E-state index contributed by atoms with van der Waals surface area (Å²) < 4.78 is 34.6. The molecule has 0 radical (unpaired) electrons. The van der Waals surface area contributed by atoms with Crippen molar-refractivity contribution in [3.63, 3.8) is 0 Å². The van der Waals surface area contributed by atoms with Crippen LogP contribution in [-0.2, 0) is 21.5 Å². The third-order valence-corrected chi connectivity index (χ3v) is 7.93. The monoisotopic (exact) mass is 423 g/mol. The van der Waals surface area contributed by atoms with E-state index in [4.69, 9.17) is 4.74 Å². The van der Waals surface area contributed by atoms with Gasteiger partial charge in [-0.3, -0.25) is 4.79 Å². The molecule has 2 fully saturated rings. The minimum absolute atomic E-state index is 0.0202. The second kappa shape index (κ2) is 9.45. The van der Waals surface area contributed by atoms with Crippen LogP contribution in [0.25, 0.3) is 0 Å². The SMILES string of the molecule is COc1ccccc1CNC(=O)C1CCN(S(=O)(=O)N2C[C@H](C)C[C@@H](C)C2)CC1. The van der Waals surface area contributed by atoms with Crippen molar-refractivity contribution in [1.29, 1.82) is 0 Å². The molecule has 0 spiro atoms. The zero-order valence-electron chi connectivity index (χ0n) is 17.6. The lowest BCUT2D eigenvalue weighted by atomic mass is 9.94. The lowest BCUT2D eigenvalue weighted by molar-refractivity contribution is -0.126. The molecule has 0 aliphatic carbocycles. The number of rotatable bonds is 6. The summed E-state index contributed by atoms with van der Waals surface area (Å²) >= 11 is 0. The Balaban J connectivity index is 1.52. The fraction of sp³-hybridized carbons (Fsp3) is 0.667. The van der Waals surface area contributed by atoms with E-state index in [1.807, 2.05) is 24.3 Å². The number of carbonyl (C=O) groups is 1. The van der Waals surface area contributed by atoms with E-state index >= 15 is 0 Å². The van der Waals surface area contributed by atoms with Gasteiger partial charge in [0.25, 0.3) is 10.2 Å². The number of hydrogen-bond acceptors (Lipinski definition) is 4. The molecule has 8 heteroatoms. The summed E-state index contributed by atoms with van der Waals surface area (Å²) in [5.74, 6) is 1.33. The average molecular weight is 424 g/mol. The number of hydrogen-bond donors (Lipinski definition) is 1. The molecule has 2 heterocycles. The van der Waals surface area contributed by atoms with Gasteiger partial charge in [0.15, 0.2) is 0 Å². The van der Waals surface area contributed by atoms with Gasteiger partial charge in [-0.2, -0.15) is 17.0 Å². The molecular formula is C21H33N3O4S. The van der Waals surface area contributed by atoms with Crippen LogP contribution in [0.1, 0.15) is 38.7 Å². The molecule has 0 unspecified atom stereocenters. The maximum atomic E-state index is 13.0. The Bertz CT molecular complexity index is 796. The van der Waals surface area contributed by atoms with E-state index in [1.54, 1.807) is 15.7 Å². The number of methoxy groups -OCH3 is 1. The Morgan fingerprint density at radius 3 is 2.34 bits per heavy atom. The Morgan fingerprint density at radius 1 is 1.10 bits per heavy atom. The molecule has 2 aliphatic heterocycles. The fourth-order valence-electron chi connectivity index (χ4n) is 4.48. The van der Waals surface area contributed by atoms with Crippen LogP contribution in [0.2, 0.25) is 0 Å². The molecular weight excluding hydrogens is 390 g/mol. The number of para-hydroxylation sites is 1. The number of piperidine rings is 2. The molecule has 2 atom stereocenters. The topological polar surface area (TPSA) is 79.0 Å². The predicted molar refractivity (Wildman–Crippen MR) is 113 cm³/mol. The Hall–Kier alpha value is -1.64. The molecule has 0 bridgehead atoms. The van der Waals surface area contributed by atoms with E-state index in [9.17, 15) is 13.2 Å². The summed E-state index contributed by atoms with van der Waals surface area (Å²) in [6, 6.07) is 7.60. The molecule has 3 rings (SSSR count). The summed E-state index contributed by atoms with van der Waals surface area (Å²) in [6.45, 7) is 6.60. The largest absolute Gasteiger partial charge is 0.496 e. The van der Waals surface area contributed by atoms with Gasteiger partial charge in [0.05, 0.1) is 7.11 Å². The maximum Gasteiger partial charge on any atom is 0.281 e.